The zero-order valence-electron chi connectivity index (χ0n) is 23.9. The number of carbonyl (C=O) groups is 1. The normalized spacial score (nSPS) is 20.4. The quantitative estimate of drug-likeness (QED) is 0.230. The first-order chi connectivity index (χ1) is 20.8. The summed E-state index contributed by atoms with van der Waals surface area (Å²) < 4.78 is 35.7. The SMILES string of the molecule is [C-]#[N+]C[C@H]1CN(c2nc(OC[C@@H]3CC(F)(F)CN3C)nn3c(Cc4cccc5ccccc45)cnc23)CCN1C(=O)C=C. The predicted molar refractivity (Wildman–Crippen MR) is 158 cm³/mol. The van der Waals surface area contributed by atoms with E-state index in [0.29, 0.717) is 37.5 Å². The standard InChI is InChI=1S/C31H32F2N8O2/c1-4-27(42)40-13-12-39(18-25(40)16-34-2)29-28-35-17-23(14-22-10-7-9-21-8-5-6-11-26(21)22)41(28)37-30(36-29)43-19-24-15-31(32,33)20-38(24)3/h4-11,17,24-25H,1,12-16,18-20H2,3H3/t24-,25-/m0/s1. The highest BCUT2D eigenvalue weighted by Gasteiger charge is 2.43. The van der Waals surface area contributed by atoms with Crippen LogP contribution in [0.4, 0.5) is 14.6 Å². The lowest BCUT2D eigenvalue weighted by atomic mass is 10.0. The number of benzene rings is 2. The monoisotopic (exact) mass is 586 g/mol. The third-order valence-electron chi connectivity index (χ3n) is 8.23. The molecule has 1 amide bonds. The van der Waals surface area contributed by atoms with Crippen LogP contribution >= 0.6 is 0 Å². The molecule has 0 aliphatic carbocycles. The van der Waals surface area contributed by atoms with Gasteiger partial charge in [0.15, 0.2) is 11.5 Å². The van der Waals surface area contributed by atoms with Crippen molar-refractivity contribution in [2.24, 2.45) is 0 Å². The Bertz CT molecular complexity index is 1710. The number of nitrogens with zero attached hydrogens (tertiary/aromatic N) is 8. The van der Waals surface area contributed by atoms with E-state index >= 15 is 0 Å². The molecule has 2 aromatic heterocycles. The Hall–Kier alpha value is -4.63. The van der Waals surface area contributed by atoms with Crippen molar-refractivity contribution in [3.8, 4) is 6.01 Å². The maximum Gasteiger partial charge on any atom is 0.336 e. The maximum absolute atomic E-state index is 14.0. The van der Waals surface area contributed by atoms with Gasteiger partial charge in [-0.05, 0) is 29.5 Å². The van der Waals surface area contributed by atoms with Crippen molar-refractivity contribution in [2.45, 2.75) is 30.8 Å². The van der Waals surface area contributed by atoms with E-state index in [1.165, 1.54) is 6.08 Å². The fourth-order valence-corrected chi connectivity index (χ4v) is 6.06. The topological polar surface area (TPSA) is 83.5 Å². The van der Waals surface area contributed by atoms with Crippen molar-refractivity contribution < 1.29 is 18.3 Å². The van der Waals surface area contributed by atoms with Gasteiger partial charge in [-0.3, -0.25) is 9.69 Å². The number of fused-ring (bicyclic) bond motifs is 2. The van der Waals surface area contributed by atoms with Gasteiger partial charge in [-0.2, -0.15) is 4.98 Å². The van der Waals surface area contributed by atoms with E-state index in [1.807, 2.05) is 23.1 Å². The molecule has 2 atom stereocenters. The van der Waals surface area contributed by atoms with E-state index < -0.39 is 12.0 Å². The molecule has 0 spiro atoms. The van der Waals surface area contributed by atoms with Crippen LogP contribution < -0.4 is 9.64 Å². The summed E-state index contributed by atoms with van der Waals surface area (Å²) in [6.45, 7) is 12.0. The van der Waals surface area contributed by atoms with Gasteiger partial charge in [0.05, 0.1) is 18.4 Å². The van der Waals surface area contributed by atoms with Crippen LogP contribution in [0.2, 0.25) is 0 Å². The minimum Gasteiger partial charge on any atom is -0.461 e. The van der Waals surface area contributed by atoms with Crippen molar-refractivity contribution in [1.82, 2.24) is 29.4 Å². The number of hydrogen-bond donors (Lipinski definition) is 0. The van der Waals surface area contributed by atoms with E-state index in [2.05, 4.69) is 40.8 Å². The van der Waals surface area contributed by atoms with Gasteiger partial charge in [0, 0.05) is 38.5 Å². The molecule has 0 N–H and O–H groups in total. The Kier molecular flexibility index (Phi) is 7.66. The molecule has 0 radical (unpaired) electrons. The molecule has 2 saturated heterocycles. The molecule has 12 heteroatoms. The van der Waals surface area contributed by atoms with Crippen LogP contribution in [0, 0.1) is 6.57 Å². The second kappa shape index (κ2) is 11.6. The summed E-state index contributed by atoms with van der Waals surface area (Å²) >= 11 is 0. The zero-order valence-corrected chi connectivity index (χ0v) is 23.9. The summed E-state index contributed by atoms with van der Waals surface area (Å²) in [6.07, 6.45) is 3.27. The fourth-order valence-electron chi connectivity index (χ4n) is 6.06. The summed E-state index contributed by atoms with van der Waals surface area (Å²) in [5, 5.41) is 6.92. The fraction of sp³-hybridized carbons (Fsp3) is 0.387. The number of ether oxygens (including phenoxy) is 1. The van der Waals surface area contributed by atoms with E-state index in [0.717, 1.165) is 22.0 Å². The van der Waals surface area contributed by atoms with Gasteiger partial charge in [0.2, 0.25) is 12.5 Å². The highest BCUT2D eigenvalue weighted by Crippen LogP contribution is 2.32. The van der Waals surface area contributed by atoms with Gasteiger partial charge in [-0.15, -0.1) is 5.10 Å². The molecule has 0 saturated carbocycles. The first kappa shape index (κ1) is 28.5. The Morgan fingerprint density at radius 3 is 2.79 bits per heavy atom. The number of piperazine rings is 1. The molecule has 4 heterocycles. The summed E-state index contributed by atoms with van der Waals surface area (Å²) in [7, 11) is 1.66. The Morgan fingerprint density at radius 1 is 1.21 bits per heavy atom. The van der Waals surface area contributed by atoms with Gasteiger partial charge in [-0.1, -0.05) is 49.0 Å². The van der Waals surface area contributed by atoms with Crippen LogP contribution in [-0.2, 0) is 11.2 Å². The molecular weight excluding hydrogens is 554 g/mol. The molecular formula is C31H32F2N8O2. The number of carbonyl (C=O) groups excluding carboxylic acids is 1. The van der Waals surface area contributed by atoms with E-state index in [9.17, 15) is 13.6 Å². The number of alkyl halides is 2. The second-order valence-corrected chi connectivity index (χ2v) is 11.1. The van der Waals surface area contributed by atoms with Gasteiger partial charge >= 0.3 is 6.01 Å². The van der Waals surface area contributed by atoms with Crippen LogP contribution in [0.15, 0.2) is 61.3 Å². The van der Waals surface area contributed by atoms with Crippen molar-refractivity contribution in [2.75, 3.05) is 51.3 Å². The predicted octanol–water partition coefficient (Wildman–Crippen LogP) is 3.71. The molecule has 0 unspecified atom stereocenters. The average molecular weight is 587 g/mol. The van der Waals surface area contributed by atoms with Gasteiger partial charge < -0.3 is 19.4 Å². The second-order valence-electron chi connectivity index (χ2n) is 11.1. The summed E-state index contributed by atoms with van der Waals surface area (Å²) in [5.74, 6) is -2.49. The lowest BCUT2D eigenvalue weighted by molar-refractivity contribution is -0.128. The Labute approximate surface area is 248 Å². The van der Waals surface area contributed by atoms with Gasteiger partial charge in [0.1, 0.15) is 12.6 Å². The summed E-state index contributed by atoms with van der Waals surface area (Å²) in [5.41, 5.74) is 2.42. The number of likely N-dealkylation sites (N-methyl/N-ethyl adjacent to an activating group) is 1. The number of likely N-dealkylation sites (tertiary alicyclic amines) is 1. The number of hydrogen-bond acceptors (Lipinski definition) is 7. The minimum atomic E-state index is -2.77. The van der Waals surface area contributed by atoms with Crippen molar-refractivity contribution in [1.29, 1.82) is 0 Å². The van der Waals surface area contributed by atoms with Crippen molar-refractivity contribution in [3.05, 3.63) is 84.0 Å². The molecule has 6 rings (SSSR count). The first-order valence-corrected chi connectivity index (χ1v) is 14.2. The molecule has 2 aliphatic heterocycles. The third kappa shape index (κ3) is 5.72. The lowest BCUT2D eigenvalue weighted by Gasteiger charge is -2.39. The van der Waals surface area contributed by atoms with E-state index in [1.54, 1.807) is 27.6 Å². The van der Waals surface area contributed by atoms with Crippen LogP contribution in [0.1, 0.15) is 17.7 Å². The summed E-state index contributed by atoms with van der Waals surface area (Å²) in [4.78, 5) is 30.7. The average Bonchev–Trinajstić information content (AvgIpc) is 3.53. The molecule has 0 bridgehead atoms. The van der Waals surface area contributed by atoms with E-state index in [4.69, 9.17) is 21.3 Å². The number of halogens is 2. The van der Waals surface area contributed by atoms with Crippen LogP contribution in [0.5, 0.6) is 6.01 Å². The van der Waals surface area contributed by atoms with Crippen LogP contribution in [0.25, 0.3) is 21.3 Å². The maximum atomic E-state index is 14.0. The smallest absolute Gasteiger partial charge is 0.336 e. The minimum absolute atomic E-state index is 0.00630. The molecule has 10 nitrogen and oxygen atoms in total. The highest BCUT2D eigenvalue weighted by atomic mass is 19.3. The molecule has 2 fully saturated rings. The van der Waals surface area contributed by atoms with Crippen LogP contribution in [-0.4, -0.2) is 99.7 Å². The van der Waals surface area contributed by atoms with Gasteiger partial charge in [-0.25, -0.2) is 24.9 Å². The van der Waals surface area contributed by atoms with Gasteiger partial charge in [0.25, 0.3) is 5.92 Å². The number of imidazole rings is 1. The molecule has 2 aromatic carbocycles. The Balaban J connectivity index is 1.36. The molecule has 4 aromatic rings. The zero-order chi connectivity index (χ0) is 30.1. The van der Waals surface area contributed by atoms with Crippen molar-refractivity contribution in [3.63, 3.8) is 0 Å². The lowest BCUT2D eigenvalue weighted by Crippen LogP contribution is -2.56. The largest absolute Gasteiger partial charge is 0.461 e. The first-order valence-electron chi connectivity index (χ1n) is 14.2. The number of amides is 1. The number of rotatable bonds is 8. The molecule has 222 valence electrons. The van der Waals surface area contributed by atoms with E-state index in [-0.39, 0.29) is 44.1 Å². The molecule has 2 aliphatic rings. The third-order valence-corrected chi connectivity index (χ3v) is 8.23. The molecule has 43 heavy (non-hydrogen) atoms. The van der Waals surface area contributed by atoms with Crippen molar-refractivity contribution >= 4 is 28.1 Å². The summed E-state index contributed by atoms with van der Waals surface area (Å²) in [6, 6.07) is 13.5. The number of aromatic nitrogens is 4. The number of anilines is 1. The Morgan fingerprint density at radius 2 is 2.02 bits per heavy atom. The van der Waals surface area contributed by atoms with Crippen LogP contribution in [0.3, 0.4) is 0 Å². The highest BCUT2D eigenvalue weighted by molar-refractivity contribution is 5.88.